The second-order valence-corrected chi connectivity index (χ2v) is 6.36. The van der Waals surface area contributed by atoms with Crippen LogP contribution in [0.3, 0.4) is 0 Å². The molecule has 1 saturated carbocycles. The maximum atomic E-state index is 11.8. The van der Waals surface area contributed by atoms with Crippen LogP contribution in [0.2, 0.25) is 0 Å². The van der Waals surface area contributed by atoms with E-state index in [1.54, 1.807) is 0 Å². The third-order valence-electron chi connectivity index (χ3n) is 4.92. The van der Waals surface area contributed by atoms with Gasteiger partial charge in [0.05, 0.1) is 5.92 Å². The van der Waals surface area contributed by atoms with Crippen molar-refractivity contribution < 1.29 is 14.7 Å². The van der Waals surface area contributed by atoms with Gasteiger partial charge in [-0.1, -0.05) is 12.8 Å². The normalized spacial score (nSPS) is 30.0. The number of hydrogen-bond acceptors (Lipinski definition) is 3. The molecular formula is C15H27N3O3. The zero-order valence-electron chi connectivity index (χ0n) is 12.8. The summed E-state index contributed by atoms with van der Waals surface area (Å²) in [6.07, 6.45) is 6.15. The molecule has 0 aromatic rings. The summed E-state index contributed by atoms with van der Waals surface area (Å²) < 4.78 is 0. The van der Waals surface area contributed by atoms with Gasteiger partial charge in [-0.15, -0.1) is 0 Å². The second kappa shape index (κ2) is 7.64. The zero-order chi connectivity index (χ0) is 15.2. The maximum Gasteiger partial charge on any atom is 0.314 e. The van der Waals surface area contributed by atoms with Crippen molar-refractivity contribution in [3.8, 4) is 0 Å². The van der Waals surface area contributed by atoms with Gasteiger partial charge in [-0.25, -0.2) is 4.79 Å². The Morgan fingerprint density at radius 1 is 1.10 bits per heavy atom. The monoisotopic (exact) mass is 297 g/mol. The molecule has 2 rings (SSSR count). The highest BCUT2D eigenvalue weighted by molar-refractivity contribution is 5.74. The predicted octanol–water partition coefficient (Wildman–Crippen LogP) is 1.27. The molecule has 0 spiro atoms. The van der Waals surface area contributed by atoms with Crippen LogP contribution >= 0.6 is 0 Å². The van der Waals surface area contributed by atoms with E-state index >= 15 is 0 Å². The van der Waals surface area contributed by atoms with Gasteiger partial charge in [0.1, 0.15) is 0 Å². The molecule has 6 heteroatoms. The fourth-order valence-corrected chi connectivity index (χ4v) is 3.51. The lowest BCUT2D eigenvalue weighted by molar-refractivity contribution is -0.142. The number of carboxylic acids is 1. The molecule has 3 unspecified atom stereocenters. The molecule has 2 aliphatic rings. The van der Waals surface area contributed by atoms with Gasteiger partial charge in [-0.2, -0.15) is 0 Å². The Hall–Kier alpha value is -1.30. The number of hydrogen-bond donors (Lipinski definition) is 3. The summed E-state index contributed by atoms with van der Waals surface area (Å²) in [5.41, 5.74) is 0. The first kappa shape index (κ1) is 16.1. The molecule has 0 bridgehead atoms. The minimum atomic E-state index is -0.733. The van der Waals surface area contributed by atoms with Gasteiger partial charge in [0.2, 0.25) is 0 Å². The molecule has 2 fully saturated rings. The van der Waals surface area contributed by atoms with Gasteiger partial charge in [-0.05, 0) is 45.2 Å². The summed E-state index contributed by atoms with van der Waals surface area (Å²) in [5.74, 6) is -0.955. The summed E-state index contributed by atoms with van der Waals surface area (Å²) in [6, 6.07) is 0.243. The van der Waals surface area contributed by atoms with Gasteiger partial charge < -0.3 is 20.6 Å². The Kier molecular flexibility index (Phi) is 5.85. The molecule has 0 radical (unpaired) electrons. The highest BCUT2D eigenvalue weighted by atomic mass is 16.4. The first-order chi connectivity index (χ1) is 10.1. The third-order valence-corrected chi connectivity index (χ3v) is 4.92. The van der Waals surface area contributed by atoms with Gasteiger partial charge in [0.25, 0.3) is 0 Å². The van der Waals surface area contributed by atoms with Crippen molar-refractivity contribution in [2.24, 2.45) is 11.8 Å². The first-order valence-corrected chi connectivity index (χ1v) is 8.02. The van der Waals surface area contributed by atoms with E-state index in [-0.39, 0.29) is 17.9 Å². The Morgan fingerprint density at radius 3 is 2.57 bits per heavy atom. The van der Waals surface area contributed by atoms with Crippen molar-refractivity contribution in [2.45, 2.75) is 44.6 Å². The van der Waals surface area contributed by atoms with Gasteiger partial charge in [0.15, 0.2) is 0 Å². The third kappa shape index (κ3) is 4.59. The zero-order valence-corrected chi connectivity index (χ0v) is 12.8. The predicted molar refractivity (Wildman–Crippen MR) is 80.1 cm³/mol. The molecule has 1 aliphatic carbocycles. The number of nitrogens with one attached hydrogen (secondary N) is 2. The fraction of sp³-hybridized carbons (Fsp3) is 0.867. The number of rotatable bonds is 5. The average molecular weight is 297 g/mol. The lowest BCUT2D eigenvalue weighted by Crippen LogP contribution is -2.47. The summed E-state index contributed by atoms with van der Waals surface area (Å²) in [5, 5.41) is 14.9. The number of carbonyl (C=O) groups excluding carboxylic acids is 1. The Bertz CT molecular complexity index is 375. The van der Waals surface area contributed by atoms with Crippen molar-refractivity contribution in [1.29, 1.82) is 0 Å². The van der Waals surface area contributed by atoms with Gasteiger partial charge >= 0.3 is 12.0 Å². The molecule has 0 aromatic carbocycles. The van der Waals surface area contributed by atoms with E-state index in [2.05, 4.69) is 22.6 Å². The second-order valence-electron chi connectivity index (χ2n) is 6.36. The lowest BCUT2D eigenvalue weighted by Gasteiger charge is -2.32. The number of amides is 2. The van der Waals surface area contributed by atoms with Crippen LogP contribution < -0.4 is 10.6 Å². The van der Waals surface area contributed by atoms with Crippen molar-refractivity contribution in [1.82, 2.24) is 15.5 Å². The van der Waals surface area contributed by atoms with E-state index in [9.17, 15) is 9.59 Å². The van der Waals surface area contributed by atoms with Crippen LogP contribution in [0.5, 0.6) is 0 Å². The van der Waals surface area contributed by atoms with Crippen LogP contribution in [-0.2, 0) is 4.79 Å². The molecule has 120 valence electrons. The number of carboxylic acid groups (broad SMARTS) is 1. The topological polar surface area (TPSA) is 81.7 Å². The standard InChI is InChI=1S/C15H27N3O3/c1-18-8-3-2-6-12(18)10-17-15(21)16-9-11-5-4-7-13(11)14(19)20/h11-13H,2-10H2,1H3,(H,19,20)(H2,16,17,21). The smallest absolute Gasteiger partial charge is 0.314 e. The Balaban J connectivity index is 1.66. The minimum Gasteiger partial charge on any atom is -0.481 e. The highest BCUT2D eigenvalue weighted by Gasteiger charge is 2.32. The van der Waals surface area contributed by atoms with E-state index in [0.717, 1.165) is 32.2 Å². The number of likely N-dealkylation sites (tertiary alicyclic amines) is 1. The quantitative estimate of drug-likeness (QED) is 0.714. The first-order valence-electron chi connectivity index (χ1n) is 8.02. The highest BCUT2D eigenvalue weighted by Crippen LogP contribution is 2.31. The van der Waals surface area contributed by atoms with Crippen LogP contribution in [0.25, 0.3) is 0 Å². The van der Waals surface area contributed by atoms with Gasteiger partial charge in [0, 0.05) is 19.1 Å². The van der Waals surface area contributed by atoms with E-state index in [0.29, 0.717) is 19.1 Å². The number of aliphatic carboxylic acids is 1. The SMILES string of the molecule is CN1CCCCC1CNC(=O)NCC1CCCC1C(=O)O. The number of carbonyl (C=O) groups is 2. The molecule has 1 heterocycles. The van der Waals surface area contributed by atoms with E-state index < -0.39 is 5.97 Å². The molecular weight excluding hydrogens is 270 g/mol. The van der Waals surface area contributed by atoms with Crippen molar-refractivity contribution in [3.63, 3.8) is 0 Å². The average Bonchev–Trinajstić information content (AvgIpc) is 2.93. The summed E-state index contributed by atoms with van der Waals surface area (Å²) in [6.45, 7) is 2.22. The molecule has 6 nitrogen and oxygen atoms in total. The van der Waals surface area contributed by atoms with Crippen LogP contribution in [0.4, 0.5) is 4.79 Å². The van der Waals surface area contributed by atoms with E-state index in [4.69, 9.17) is 5.11 Å². The van der Waals surface area contributed by atoms with Crippen molar-refractivity contribution in [2.75, 3.05) is 26.7 Å². The molecule has 1 saturated heterocycles. The fourth-order valence-electron chi connectivity index (χ4n) is 3.51. The van der Waals surface area contributed by atoms with E-state index in [1.165, 1.54) is 12.8 Å². The molecule has 3 N–H and O–H groups in total. The Morgan fingerprint density at radius 2 is 1.86 bits per heavy atom. The summed E-state index contributed by atoms with van der Waals surface area (Å²) >= 11 is 0. The van der Waals surface area contributed by atoms with Gasteiger partial charge in [-0.3, -0.25) is 4.79 Å². The van der Waals surface area contributed by atoms with E-state index in [1.807, 2.05) is 0 Å². The number of urea groups is 1. The molecule has 21 heavy (non-hydrogen) atoms. The molecule has 3 atom stereocenters. The molecule has 2 amide bonds. The number of piperidine rings is 1. The number of likely N-dealkylation sites (N-methyl/N-ethyl adjacent to an activating group) is 1. The number of nitrogens with zero attached hydrogens (tertiary/aromatic N) is 1. The maximum absolute atomic E-state index is 11.8. The van der Waals surface area contributed by atoms with Crippen molar-refractivity contribution in [3.05, 3.63) is 0 Å². The molecule has 0 aromatic heterocycles. The van der Waals surface area contributed by atoms with Crippen LogP contribution in [0.15, 0.2) is 0 Å². The van der Waals surface area contributed by atoms with Crippen LogP contribution in [0, 0.1) is 11.8 Å². The summed E-state index contributed by atoms with van der Waals surface area (Å²) in [4.78, 5) is 25.2. The van der Waals surface area contributed by atoms with Crippen LogP contribution in [0.1, 0.15) is 38.5 Å². The largest absolute Gasteiger partial charge is 0.481 e. The lowest BCUT2D eigenvalue weighted by atomic mass is 9.96. The summed E-state index contributed by atoms with van der Waals surface area (Å²) in [7, 11) is 2.10. The van der Waals surface area contributed by atoms with Crippen LogP contribution in [-0.4, -0.2) is 54.7 Å². The Labute approximate surface area is 126 Å². The van der Waals surface area contributed by atoms with Crippen molar-refractivity contribution >= 4 is 12.0 Å². The minimum absolute atomic E-state index is 0.0746. The molecule has 1 aliphatic heterocycles.